The number of ether oxygens (including phenoxy) is 2. The average molecular weight is 466 g/mol. The van der Waals surface area contributed by atoms with Crippen molar-refractivity contribution in [2.24, 2.45) is 0 Å². The third-order valence-electron chi connectivity index (χ3n) is 6.56. The summed E-state index contributed by atoms with van der Waals surface area (Å²) in [6.07, 6.45) is -0.360. The Balaban J connectivity index is 1.57. The van der Waals surface area contributed by atoms with E-state index in [1.807, 2.05) is 6.07 Å². The molecule has 0 aliphatic carbocycles. The fourth-order valence-corrected chi connectivity index (χ4v) is 4.68. The Labute approximate surface area is 197 Å². The number of hydrogen-bond donors (Lipinski definition) is 0. The third kappa shape index (κ3) is 3.98. The highest BCUT2D eigenvalue weighted by molar-refractivity contribution is 6.11. The van der Waals surface area contributed by atoms with Gasteiger partial charge in [0.05, 0.1) is 19.6 Å². The van der Waals surface area contributed by atoms with E-state index in [1.165, 1.54) is 19.1 Å². The Hall–Kier alpha value is -3.88. The number of rotatable bonds is 6. The standard InChI is InChI=1S/C25H27N3O6/c1-26-21(29)14-25(24(26)32,19-9-4-5-10-20(19)34-3)15-22(30)27-11-12-28(23(31)16-27)17-7-6-8-18(13-17)33-2/h4-10,13H,11-12,14-16H2,1-3H3/t25-/m0/s1. The maximum absolute atomic E-state index is 13.4. The van der Waals surface area contributed by atoms with Gasteiger partial charge in [-0.25, -0.2) is 0 Å². The second kappa shape index (κ2) is 9.17. The molecule has 0 saturated carbocycles. The number of imide groups is 1. The van der Waals surface area contributed by atoms with Crippen molar-refractivity contribution >= 4 is 29.3 Å². The summed E-state index contributed by atoms with van der Waals surface area (Å²) in [7, 11) is 4.46. The largest absolute Gasteiger partial charge is 0.497 e. The first kappa shape index (κ1) is 23.3. The van der Waals surface area contributed by atoms with Gasteiger partial charge in [0, 0.05) is 50.3 Å². The van der Waals surface area contributed by atoms with Crippen LogP contribution in [0.1, 0.15) is 18.4 Å². The van der Waals surface area contributed by atoms with Crippen molar-refractivity contribution in [3.05, 3.63) is 54.1 Å². The Morgan fingerprint density at radius 2 is 1.74 bits per heavy atom. The highest BCUT2D eigenvalue weighted by Gasteiger charge is 2.54. The van der Waals surface area contributed by atoms with E-state index in [1.54, 1.807) is 54.5 Å². The number of carbonyl (C=O) groups is 4. The summed E-state index contributed by atoms with van der Waals surface area (Å²) >= 11 is 0. The molecule has 4 rings (SSSR count). The SMILES string of the molecule is COc1cccc(N2CCN(C(=O)C[C@]3(c4ccccc4OC)CC(=O)N(C)C3=O)CC2=O)c1. The first-order valence-corrected chi connectivity index (χ1v) is 11.0. The quantitative estimate of drug-likeness (QED) is 0.602. The topological polar surface area (TPSA) is 96.5 Å². The summed E-state index contributed by atoms with van der Waals surface area (Å²) in [5.74, 6) is -0.327. The lowest BCUT2D eigenvalue weighted by molar-refractivity contribution is -0.142. The first-order valence-electron chi connectivity index (χ1n) is 11.0. The van der Waals surface area contributed by atoms with Crippen LogP contribution in [-0.2, 0) is 24.6 Å². The van der Waals surface area contributed by atoms with Crippen LogP contribution < -0.4 is 14.4 Å². The maximum atomic E-state index is 13.4. The van der Waals surface area contributed by atoms with Crippen LogP contribution >= 0.6 is 0 Å². The van der Waals surface area contributed by atoms with E-state index in [-0.39, 0.29) is 37.1 Å². The van der Waals surface area contributed by atoms with Crippen molar-refractivity contribution in [2.45, 2.75) is 18.3 Å². The number of benzene rings is 2. The zero-order valence-corrected chi connectivity index (χ0v) is 19.4. The molecule has 0 spiro atoms. The van der Waals surface area contributed by atoms with E-state index in [0.717, 1.165) is 4.90 Å². The van der Waals surface area contributed by atoms with Gasteiger partial charge in [-0.2, -0.15) is 0 Å². The molecule has 9 heteroatoms. The monoisotopic (exact) mass is 465 g/mol. The van der Waals surface area contributed by atoms with Crippen molar-refractivity contribution < 1.29 is 28.7 Å². The summed E-state index contributed by atoms with van der Waals surface area (Å²) < 4.78 is 10.7. The van der Waals surface area contributed by atoms with Gasteiger partial charge >= 0.3 is 0 Å². The molecule has 2 aromatic rings. The number of likely N-dealkylation sites (tertiary alicyclic amines) is 1. The van der Waals surface area contributed by atoms with Gasteiger partial charge in [-0.1, -0.05) is 24.3 Å². The van der Waals surface area contributed by atoms with E-state index in [4.69, 9.17) is 9.47 Å². The number of likely N-dealkylation sites (N-methyl/N-ethyl adjacent to an activating group) is 1. The third-order valence-corrected chi connectivity index (χ3v) is 6.56. The van der Waals surface area contributed by atoms with Crippen LogP contribution in [0.15, 0.2) is 48.5 Å². The number of carbonyl (C=O) groups excluding carboxylic acids is 4. The van der Waals surface area contributed by atoms with Gasteiger partial charge in [0.15, 0.2) is 0 Å². The molecular formula is C25H27N3O6. The highest BCUT2D eigenvalue weighted by atomic mass is 16.5. The van der Waals surface area contributed by atoms with E-state index in [2.05, 4.69) is 0 Å². The smallest absolute Gasteiger partial charge is 0.246 e. The molecule has 0 aromatic heterocycles. The van der Waals surface area contributed by atoms with Crippen LogP contribution in [-0.4, -0.2) is 74.3 Å². The lowest BCUT2D eigenvalue weighted by atomic mass is 9.75. The first-order chi connectivity index (χ1) is 16.3. The van der Waals surface area contributed by atoms with Crippen molar-refractivity contribution in [1.29, 1.82) is 0 Å². The van der Waals surface area contributed by atoms with Crippen molar-refractivity contribution in [2.75, 3.05) is 45.8 Å². The summed E-state index contributed by atoms with van der Waals surface area (Å²) in [6, 6.07) is 14.1. The number of piperazine rings is 1. The molecule has 0 radical (unpaired) electrons. The molecule has 0 N–H and O–H groups in total. The van der Waals surface area contributed by atoms with Gasteiger partial charge in [0.2, 0.25) is 23.6 Å². The molecule has 1 atom stereocenters. The Kier molecular flexibility index (Phi) is 6.28. The predicted molar refractivity (Wildman–Crippen MR) is 124 cm³/mol. The molecular weight excluding hydrogens is 438 g/mol. The zero-order valence-electron chi connectivity index (χ0n) is 19.4. The van der Waals surface area contributed by atoms with Gasteiger partial charge in [-0.3, -0.25) is 24.1 Å². The molecule has 2 fully saturated rings. The zero-order chi connectivity index (χ0) is 24.5. The lowest BCUT2D eigenvalue weighted by Crippen LogP contribution is -2.54. The van der Waals surface area contributed by atoms with Crippen LogP contribution in [0.25, 0.3) is 0 Å². The molecule has 9 nitrogen and oxygen atoms in total. The fourth-order valence-electron chi connectivity index (χ4n) is 4.68. The molecule has 0 bridgehead atoms. The number of anilines is 1. The molecule has 0 unspecified atom stereocenters. The van der Waals surface area contributed by atoms with Crippen LogP contribution in [0.3, 0.4) is 0 Å². The maximum Gasteiger partial charge on any atom is 0.246 e. The van der Waals surface area contributed by atoms with Crippen LogP contribution in [0, 0.1) is 0 Å². The molecule has 4 amide bonds. The average Bonchev–Trinajstić information content (AvgIpc) is 3.07. The van der Waals surface area contributed by atoms with Crippen molar-refractivity contribution in [3.8, 4) is 11.5 Å². The minimum atomic E-state index is -1.37. The van der Waals surface area contributed by atoms with Gasteiger partial charge in [-0.05, 0) is 18.2 Å². The number of para-hydroxylation sites is 1. The molecule has 2 saturated heterocycles. The van der Waals surface area contributed by atoms with Gasteiger partial charge < -0.3 is 19.3 Å². The predicted octanol–water partition coefficient (Wildman–Crippen LogP) is 1.60. The highest BCUT2D eigenvalue weighted by Crippen LogP contribution is 2.43. The van der Waals surface area contributed by atoms with Crippen molar-refractivity contribution in [1.82, 2.24) is 9.80 Å². The molecule has 2 aliphatic rings. The second-order valence-corrected chi connectivity index (χ2v) is 8.46. The van der Waals surface area contributed by atoms with E-state index < -0.39 is 11.3 Å². The second-order valence-electron chi connectivity index (χ2n) is 8.46. The number of nitrogens with zero attached hydrogens (tertiary/aromatic N) is 3. The molecule has 2 heterocycles. The Morgan fingerprint density at radius 1 is 0.971 bits per heavy atom. The van der Waals surface area contributed by atoms with E-state index >= 15 is 0 Å². The summed E-state index contributed by atoms with van der Waals surface area (Å²) in [6.45, 7) is 0.504. The van der Waals surface area contributed by atoms with Crippen molar-refractivity contribution in [3.63, 3.8) is 0 Å². The molecule has 2 aliphatic heterocycles. The normalized spacial score (nSPS) is 20.7. The van der Waals surface area contributed by atoms with Gasteiger partial charge in [-0.15, -0.1) is 0 Å². The molecule has 2 aromatic carbocycles. The minimum absolute atomic E-state index is 0.115. The summed E-state index contributed by atoms with van der Waals surface area (Å²) in [5, 5.41) is 0. The summed E-state index contributed by atoms with van der Waals surface area (Å²) in [5.41, 5.74) is -0.183. The van der Waals surface area contributed by atoms with Crippen LogP contribution in [0.5, 0.6) is 11.5 Å². The number of amides is 4. The van der Waals surface area contributed by atoms with E-state index in [9.17, 15) is 19.2 Å². The number of hydrogen-bond acceptors (Lipinski definition) is 6. The minimum Gasteiger partial charge on any atom is -0.497 e. The Morgan fingerprint density at radius 3 is 2.38 bits per heavy atom. The fraction of sp³-hybridized carbons (Fsp3) is 0.360. The van der Waals surface area contributed by atoms with Crippen LogP contribution in [0.2, 0.25) is 0 Å². The number of methoxy groups -OCH3 is 2. The van der Waals surface area contributed by atoms with Crippen LogP contribution in [0.4, 0.5) is 5.69 Å². The van der Waals surface area contributed by atoms with E-state index in [0.29, 0.717) is 35.8 Å². The summed E-state index contributed by atoms with van der Waals surface area (Å²) in [4.78, 5) is 56.2. The van der Waals surface area contributed by atoms with Gasteiger partial charge in [0.25, 0.3) is 0 Å². The molecule has 178 valence electrons. The Bertz CT molecular complexity index is 1150. The van der Waals surface area contributed by atoms with Gasteiger partial charge in [0.1, 0.15) is 18.0 Å². The molecule has 34 heavy (non-hydrogen) atoms. The lowest BCUT2D eigenvalue weighted by Gasteiger charge is -2.36.